The van der Waals surface area contributed by atoms with Crippen LogP contribution < -0.4 is 5.32 Å². The summed E-state index contributed by atoms with van der Waals surface area (Å²) in [4.78, 5) is 0. The lowest BCUT2D eigenvalue weighted by Gasteiger charge is -2.26. The highest BCUT2D eigenvalue weighted by molar-refractivity contribution is 5.13. The van der Waals surface area contributed by atoms with Crippen LogP contribution in [0.1, 0.15) is 36.8 Å². The first kappa shape index (κ1) is 10.6. The quantitative estimate of drug-likeness (QED) is 0.761. The van der Waals surface area contributed by atoms with Crippen LogP contribution in [0.3, 0.4) is 0 Å². The third kappa shape index (κ3) is 2.21. The van der Waals surface area contributed by atoms with Gasteiger partial charge in [-0.2, -0.15) is 5.10 Å². The van der Waals surface area contributed by atoms with Crippen molar-refractivity contribution in [2.75, 3.05) is 6.54 Å². The summed E-state index contributed by atoms with van der Waals surface area (Å²) in [5.41, 5.74) is 1.87. The molecule has 0 bridgehead atoms. The molecule has 0 unspecified atom stereocenters. The largest absolute Gasteiger partial charge is 0.385 e. The number of aromatic nitrogens is 2. The number of aliphatic hydroxyl groups is 1. The first-order chi connectivity index (χ1) is 7.18. The molecule has 2 N–H and O–H groups in total. The molecule has 1 aliphatic rings. The number of hydrogen-bond acceptors (Lipinski definition) is 3. The van der Waals surface area contributed by atoms with Crippen molar-refractivity contribution in [1.82, 2.24) is 15.1 Å². The van der Waals surface area contributed by atoms with Gasteiger partial charge in [-0.15, -0.1) is 0 Å². The van der Waals surface area contributed by atoms with Gasteiger partial charge in [0.2, 0.25) is 0 Å². The number of piperidine rings is 1. The van der Waals surface area contributed by atoms with Crippen LogP contribution in [0.25, 0.3) is 0 Å². The van der Waals surface area contributed by atoms with E-state index in [2.05, 4.69) is 10.4 Å². The highest BCUT2D eigenvalue weighted by atomic mass is 16.3. The Kier molecular flexibility index (Phi) is 3.07. The zero-order chi connectivity index (χ0) is 10.8. The van der Waals surface area contributed by atoms with Crippen LogP contribution in [-0.2, 0) is 7.05 Å². The first-order valence-corrected chi connectivity index (χ1v) is 5.60. The molecule has 0 radical (unpaired) electrons. The number of rotatable bonds is 2. The topological polar surface area (TPSA) is 50.1 Å². The maximum atomic E-state index is 10.1. The molecule has 0 aromatic carbocycles. The summed E-state index contributed by atoms with van der Waals surface area (Å²) in [5, 5.41) is 17.8. The van der Waals surface area contributed by atoms with Crippen molar-refractivity contribution in [3.05, 3.63) is 17.5 Å². The zero-order valence-corrected chi connectivity index (χ0v) is 9.40. The fraction of sp³-hybridized carbons (Fsp3) is 0.727. The fourth-order valence-corrected chi connectivity index (χ4v) is 2.09. The molecule has 1 aromatic heterocycles. The van der Waals surface area contributed by atoms with Crippen molar-refractivity contribution in [3.8, 4) is 0 Å². The number of nitrogens with zero attached hydrogens (tertiary/aromatic N) is 2. The Morgan fingerprint density at radius 3 is 2.93 bits per heavy atom. The molecular weight excluding hydrogens is 190 g/mol. The summed E-state index contributed by atoms with van der Waals surface area (Å²) in [6, 6.07) is 2.13. The van der Waals surface area contributed by atoms with Crippen LogP contribution in [0.5, 0.6) is 0 Å². The van der Waals surface area contributed by atoms with E-state index in [1.54, 1.807) is 4.68 Å². The predicted octanol–water partition coefficient (Wildman–Crippen LogP) is 0.904. The van der Waals surface area contributed by atoms with Gasteiger partial charge < -0.3 is 10.4 Å². The Morgan fingerprint density at radius 2 is 2.40 bits per heavy atom. The Balaban J connectivity index is 2.08. The van der Waals surface area contributed by atoms with Gasteiger partial charge in [0, 0.05) is 18.8 Å². The average molecular weight is 209 g/mol. The van der Waals surface area contributed by atoms with Gasteiger partial charge >= 0.3 is 0 Å². The lowest BCUT2D eigenvalue weighted by Crippen LogP contribution is -2.38. The van der Waals surface area contributed by atoms with Gasteiger partial charge in [-0.1, -0.05) is 6.42 Å². The van der Waals surface area contributed by atoms with Crippen LogP contribution in [0.4, 0.5) is 0 Å². The molecule has 1 aliphatic heterocycles. The third-order valence-electron chi connectivity index (χ3n) is 3.17. The Labute approximate surface area is 90.3 Å². The average Bonchev–Trinajstić information content (AvgIpc) is 2.59. The summed E-state index contributed by atoms with van der Waals surface area (Å²) in [5.74, 6) is 0. The van der Waals surface area contributed by atoms with Crippen LogP contribution in [0, 0.1) is 6.92 Å². The molecule has 0 saturated carbocycles. The molecule has 4 nitrogen and oxygen atoms in total. The molecule has 15 heavy (non-hydrogen) atoms. The van der Waals surface area contributed by atoms with Gasteiger partial charge in [-0.3, -0.25) is 4.68 Å². The number of nitrogens with one attached hydrogen (secondary N) is 1. The Morgan fingerprint density at radius 1 is 1.60 bits per heavy atom. The van der Waals surface area contributed by atoms with E-state index < -0.39 is 6.10 Å². The van der Waals surface area contributed by atoms with Crippen molar-refractivity contribution in [1.29, 1.82) is 0 Å². The fourth-order valence-electron chi connectivity index (χ4n) is 2.09. The van der Waals surface area contributed by atoms with Crippen molar-refractivity contribution in [2.45, 2.75) is 38.3 Å². The second-order valence-corrected chi connectivity index (χ2v) is 4.34. The molecule has 1 aromatic rings. The number of aliphatic hydroxyl groups excluding tert-OH is 1. The minimum Gasteiger partial charge on any atom is -0.385 e. The summed E-state index contributed by atoms with van der Waals surface area (Å²) in [7, 11) is 1.90. The maximum Gasteiger partial charge on any atom is 0.113 e. The summed E-state index contributed by atoms with van der Waals surface area (Å²) in [6.45, 7) is 3.01. The zero-order valence-electron chi connectivity index (χ0n) is 9.40. The summed E-state index contributed by atoms with van der Waals surface area (Å²) in [6.07, 6.45) is 2.98. The van der Waals surface area contributed by atoms with Gasteiger partial charge in [0.15, 0.2) is 0 Å². The predicted molar refractivity (Wildman–Crippen MR) is 58.5 cm³/mol. The minimum absolute atomic E-state index is 0.174. The van der Waals surface area contributed by atoms with Crippen molar-refractivity contribution < 1.29 is 5.11 Å². The SMILES string of the molecule is Cc1cc([C@@H](O)[C@@H]2CCCCN2)nn1C. The second kappa shape index (κ2) is 4.33. The van der Waals surface area contributed by atoms with E-state index in [4.69, 9.17) is 0 Å². The minimum atomic E-state index is -0.467. The van der Waals surface area contributed by atoms with Crippen molar-refractivity contribution in [3.63, 3.8) is 0 Å². The highest BCUT2D eigenvalue weighted by Gasteiger charge is 2.24. The van der Waals surface area contributed by atoms with Gasteiger partial charge in [0.25, 0.3) is 0 Å². The van der Waals surface area contributed by atoms with Gasteiger partial charge in [-0.25, -0.2) is 0 Å². The maximum absolute atomic E-state index is 10.1. The lowest BCUT2D eigenvalue weighted by atomic mass is 9.98. The van der Waals surface area contributed by atoms with E-state index in [1.807, 2.05) is 20.0 Å². The van der Waals surface area contributed by atoms with E-state index in [0.29, 0.717) is 0 Å². The summed E-state index contributed by atoms with van der Waals surface area (Å²) >= 11 is 0. The molecule has 2 heterocycles. The lowest BCUT2D eigenvalue weighted by molar-refractivity contribution is 0.109. The van der Waals surface area contributed by atoms with Gasteiger partial charge in [-0.05, 0) is 32.4 Å². The molecule has 1 fully saturated rings. The van der Waals surface area contributed by atoms with Crippen LogP contribution in [0.2, 0.25) is 0 Å². The van der Waals surface area contributed by atoms with Crippen LogP contribution >= 0.6 is 0 Å². The molecule has 1 saturated heterocycles. The molecule has 2 rings (SSSR count). The number of aryl methyl sites for hydroxylation is 2. The molecule has 0 amide bonds. The Bertz CT molecular complexity index is 309. The first-order valence-electron chi connectivity index (χ1n) is 5.60. The van der Waals surface area contributed by atoms with E-state index >= 15 is 0 Å². The summed E-state index contributed by atoms with van der Waals surface area (Å²) < 4.78 is 1.81. The molecule has 0 spiro atoms. The van der Waals surface area contributed by atoms with Gasteiger partial charge in [0.1, 0.15) is 6.10 Å². The standard InChI is InChI=1S/C11H19N3O/c1-8-7-10(13-14(8)2)11(15)9-5-3-4-6-12-9/h7,9,11-12,15H,3-6H2,1-2H3/t9-,11-/m0/s1. The molecular formula is C11H19N3O. The second-order valence-electron chi connectivity index (χ2n) is 4.34. The molecule has 2 atom stereocenters. The monoisotopic (exact) mass is 209 g/mol. The molecule has 4 heteroatoms. The Hall–Kier alpha value is -0.870. The van der Waals surface area contributed by atoms with Crippen LogP contribution in [0.15, 0.2) is 6.07 Å². The number of hydrogen-bond donors (Lipinski definition) is 2. The smallest absolute Gasteiger partial charge is 0.113 e. The molecule has 0 aliphatic carbocycles. The molecule has 84 valence electrons. The van der Waals surface area contributed by atoms with Crippen LogP contribution in [-0.4, -0.2) is 27.5 Å². The van der Waals surface area contributed by atoms with Gasteiger partial charge in [0.05, 0.1) is 5.69 Å². The third-order valence-corrected chi connectivity index (χ3v) is 3.17. The highest BCUT2D eigenvalue weighted by Crippen LogP contribution is 2.22. The van der Waals surface area contributed by atoms with E-state index in [1.165, 1.54) is 12.8 Å². The van der Waals surface area contributed by atoms with Crippen molar-refractivity contribution in [2.24, 2.45) is 7.05 Å². The van der Waals surface area contributed by atoms with E-state index in [0.717, 1.165) is 24.4 Å². The van der Waals surface area contributed by atoms with Crippen molar-refractivity contribution >= 4 is 0 Å². The van der Waals surface area contributed by atoms with E-state index in [9.17, 15) is 5.11 Å². The van der Waals surface area contributed by atoms with E-state index in [-0.39, 0.29) is 6.04 Å². The normalized spacial score (nSPS) is 24.1.